The molecule has 0 atom stereocenters. The Morgan fingerprint density at radius 3 is 1.80 bits per heavy atom. The molecule has 5 rings (SSSR count). The molecule has 0 bridgehead atoms. The third kappa shape index (κ3) is 2.80. The van der Waals surface area contributed by atoms with Crippen molar-refractivity contribution in [3.05, 3.63) is 77.9 Å². The molecule has 0 radical (unpaired) electrons. The van der Waals surface area contributed by atoms with Crippen LogP contribution in [0.15, 0.2) is 66.7 Å². The molecule has 2 nitrogen and oxygen atoms in total. The topological polar surface area (TPSA) is 18.5 Å². The molecule has 0 N–H and O–H groups in total. The van der Waals surface area contributed by atoms with E-state index in [2.05, 4.69) is 108 Å². The number of hydrogen-bond acceptors (Lipinski definition) is 2. The second-order valence-electron chi connectivity index (χ2n) is 10.1. The Kier molecular flexibility index (Phi) is 4.13. The van der Waals surface area contributed by atoms with Crippen LogP contribution in [-0.4, -0.2) is 18.3 Å². The lowest BCUT2D eigenvalue weighted by molar-refractivity contribution is 0.00578. The average Bonchev–Trinajstić information content (AvgIpc) is 3.08. The van der Waals surface area contributed by atoms with Crippen molar-refractivity contribution in [3.63, 3.8) is 0 Å². The van der Waals surface area contributed by atoms with Gasteiger partial charge in [-0.05, 0) is 72.6 Å². The van der Waals surface area contributed by atoms with Gasteiger partial charge in [-0.2, -0.15) is 0 Å². The highest BCUT2D eigenvalue weighted by Crippen LogP contribution is 2.49. The maximum absolute atomic E-state index is 6.31. The highest BCUT2D eigenvalue weighted by Gasteiger charge is 2.52. The van der Waals surface area contributed by atoms with Crippen LogP contribution in [0.25, 0.3) is 22.3 Å². The zero-order valence-corrected chi connectivity index (χ0v) is 18.7. The van der Waals surface area contributed by atoms with Gasteiger partial charge in [0, 0.05) is 5.41 Å². The summed E-state index contributed by atoms with van der Waals surface area (Å²) in [6.45, 7) is 13.0. The summed E-state index contributed by atoms with van der Waals surface area (Å²) >= 11 is 0. The highest BCUT2D eigenvalue weighted by atomic mass is 16.7. The fourth-order valence-electron chi connectivity index (χ4n) is 4.69. The van der Waals surface area contributed by atoms with E-state index in [9.17, 15) is 0 Å². The molecule has 3 aromatic rings. The summed E-state index contributed by atoms with van der Waals surface area (Å²) in [5.41, 5.74) is 8.24. The van der Waals surface area contributed by atoms with Crippen molar-refractivity contribution in [1.82, 2.24) is 0 Å². The number of fused-ring (bicyclic) bond motifs is 3. The zero-order valence-electron chi connectivity index (χ0n) is 18.7. The van der Waals surface area contributed by atoms with Crippen LogP contribution in [0.5, 0.6) is 0 Å². The fraction of sp³-hybridized carbons (Fsp3) is 0.333. The molecule has 3 heteroatoms. The summed E-state index contributed by atoms with van der Waals surface area (Å²) in [7, 11) is -0.334. The number of hydrogen-bond donors (Lipinski definition) is 0. The summed E-state index contributed by atoms with van der Waals surface area (Å²) < 4.78 is 12.6. The van der Waals surface area contributed by atoms with Crippen LogP contribution in [0.2, 0.25) is 0 Å². The molecule has 1 fully saturated rings. The first-order valence-corrected chi connectivity index (χ1v) is 10.8. The largest absolute Gasteiger partial charge is 0.494 e. The molecule has 3 aromatic carbocycles. The van der Waals surface area contributed by atoms with Gasteiger partial charge in [-0.15, -0.1) is 0 Å². The van der Waals surface area contributed by atoms with E-state index in [0.717, 1.165) is 5.46 Å². The van der Waals surface area contributed by atoms with Crippen molar-refractivity contribution >= 4 is 12.6 Å². The van der Waals surface area contributed by atoms with Crippen molar-refractivity contribution in [1.29, 1.82) is 0 Å². The quantitative estimate of drug-likeness (QED) is 0.498. The second kappa shape index (κ2) is 6.32. The third-order valence-corrected chi connectivity index (χ3v) is 7.33. The van der Waals surface area contributed by atoms with E-state index in [4.69, 9.17) is 9.31 Å². The van der Waals surface area contributed by atoms with E-state index in [0.29, 0.717) is 0 Å². The van der Waals surface area contributed by atoms with Gasteiger partial charge in [0.05, 0.1) is 11.2 Å². The molecule has 1 aliphatic carbocycles. The van der Waals surface area contributed by atoms with Gasteiger partial charge in [-0.25, -0.2) is 0 Å². The summed E-state index contributed by atoms with van der Waals surface area (Å²) in [6.07, 6.45) is 0. The van der Waals surface area contributed by atoms with E-state index in [1.165, 1.54) is 33.4 Å². The molecule has 0 unspecified atom stereocenters. The molecule has 1 aliphatic heterocycles. The molecular weight excluding hydrogens is 367 g/mol. The molecule has 0 spiro atoms. The van der Waals surface area contributed by atoms with Crippen LogP contribution in [0, 0.1) is 0 Å². The smallest absolute Gasteiger partial charge is 0.399 e. The minimum Gasteiger partial charge on any atom is -0.399 e. The fourth-order valence-corrected chi connectivity index (χ4v) is 4.69. The monoisotopic (exact) mass is 396 g/mol. The second-order valence-corrected chi connectivity index (χ2v) is 10.1. The molecule has 0 saturated carbocycles. The Balaban J connectivity index is 1.56. The van der Waals surface area contributed by atoms with Gasteiger partial charge in [0.15, 0.2) is 0 Å². The first-order valence-electron chi connectivity index (χ1n) is 10.8. The van der Waals surface area contributed by atoms with Crippen molar-refractivity contribution in [2.45, 2.75) is 58.2 Å². The van der Waals surface area contributed by atoms with Gasteiger partial charge in [0.2, 0.25) is 0 Å². The number of rotatable bonds is 2. The minimum atomic E-state index is -0.334. The maximum atomic E-state index is 6.31. The normalized spacial score (nSPS) is 20.1. The van der Waals surface area contributed by atoms with Gasteiger partial charge in [0.25, 0.3) is 0 Å². The lowest BCUT2D eigenvalue weighted by Crippen LogP contribution is -2.41. The number of benzene rings is 3. The summed E-state index contributed by atoms with van der Waals surface area (Å²) in [5.74, 6) is 0. The Hall–Kier alpha value is -2.36. The van der Waals surface area contributed by atoms with Crippen molar-refractivity contribution in [2.75, 3.05) is 0 Å². The Labute approximate surface area is 180 Å². The van der Waals surface area contributed by atoms with Crippen LogP contribution in [0.4, 0.5) is 0 Å². The van der Waals surface area contributed by atoms with Crippen LogP contribution in [-0.2, 0) is 14.7 Å². The third-order valence-electron chi connectivity index (χ3n) is 7.33. The van der Waals surface area contributed by atoms with Crippen molar-refractivity contribution in [2.24, 2.45) is 0 Å². The summed E-state index contributed by atoms with van der Waals surface area (Å²) in [6, 6.07) is 24.2. The Bertz CT molecular complexity index is 1110. The van der Waals surface area contributed by atoms with Crippen molar-refractivity contribution in [3.8, 4) is 22.3 Å². The predicted octanol–water partition coefficient (Wildman–Crippen LogP) is 5.96. The first-order chi connectivity index (χ1) is 14.1. The predicted molar refractivity (Wildman–Crippen MR) is 125 cm³/mol. The van der Waals surface area contributed by atoms with Crippen molar-refractivity contribution < 1.29 is 9.31 Å². The van der Waals surface area contributed by atoms with E-state index >= 15 is 0 Å². The molecule has 1 saturated heterocycles. The van der Waals surface area contributed by atoms with Gasteiger partial charge < -0.3 is 9.31 Å². The summed E-state index contributed by atoms with van der Waals surface area (Å²) in [5, 5.41) is 0. The maximum Gasteiger partial charge on any atom is 0.494 e. The molecule has 152 valence electrons. The average molecular weight is 396 g/mol. The van der Waals surface area contributed by atoms with Crippen LogP contribution < -0.4 is 5.46 Å². The molecule has 1 heterocycles. The Morgan fingerprint density at radius 1 is 0.600 bits per heavy atom. The van der Waals surface area contributed by atoms with Gasteiger partial charge in [-0.1, -0.05) is 74.5 Å². The van der Waals surface area contributed by atoms with Gasteiger partial charge >= 0.3 is 7.12 Å². The highest BCUT2D eigenvalue weighted by molar-refractivity contribution is 6.62. The van der Waals surface area contributed by atoms with E-state index < -0.39 is 0 Å². The summed E-state index contributed by atoms with van der Waals surface area (Å²) in [4.78, 5) is 0. The standard InChI is InChI=1S/C27H29BO2/c1-25(2)23-16-19(18-10-8-7-9-11-18)12-14-21(23)22-15-13-20(17-24(22)25)28-29-26(3,4)27(5,6)30-28/h7-17H,1-6H3. The van der Waals surface area contributed by atoms with Gasteiger partial charge in [0.1, 0.15) is 0 Å². The van der Waals surface area contributed by atoms with E-state index in [-0.39, 0.29) is 23.7 Å². The lowest BCUT2D eigenvalue weighted by Gasteiger charge is -2.32. The first kappa shape index (κ1) is 19.6. The minimum absolute atomic E-state index is 0.0743. The van der Waals surface area contributed by atoms with Gasteiger partial charge in [-0.3, -0.25) is 0 Å². The molecule has 0 aromatic heterocycles. The van der Waals surface area contributed by atoms with Crippen LogP contribution in [0.1, 0.15) is 52.7 Å². The van der Waals surface area contributed by atoms with E-state index in [1.54, 1.807) is 0 Å². The zero-order chi connectivity index (χ0) is 21.3. The molecule has 30 heavy (non-hydrogen) atoms. The van der Waals surface area contributed by atoms with Crippen LogP contribution in [0.3, 0.4) is 0 Å². The molecule has 2 aliphatic rings. The molecular formula is C27H29BO2. The van der Waals surface area contributed by atoms with E-state index in [1.807, 2.05) is 0 Å². The lowest BCUT2D eigenvalue weighted by atomic mass is 9.74. The molecule has 0 amide bonds. The Morgan fingerprint density at radius 2 is 1.17 bits per heavy atom. The van der Waals surface area contributed by atoms with Crippen LogP contribution >= 0.6 is 0 Å². The SMILES string of the molecule is CC1(C)c2cc(B3OC(C)(C)C(C)(C)O3)ccc2-c2ccc(-c3ccccc3)cc21.